The van der Waals surface area contributed by atoms with Crippen molar-refractivity contribution in [1.29, 1.82) is 0 Å². The van der Waals surface area contributed by atoms with E-state index >= 15 is 0 Å². The molecule has 2 atom stereocenters. The van der Waals surface area contributed by atoms with Gasteiger partial charge in [-0.1, -0.05) is 15.9 Å². The molecule has 0 bridgehead atoms. The molecule has 1 aliphatic heterocycles. The summed E-state index contributed by atoms with van der Waals surface area (Å²) in [5, 5.41) is 0. The van der Waals surface area contributed by atoms with Gasteiger partial charge in [0.2, 0.25) is 0 Å². The zero-order valence-electron chi connectivity index (χ0n) is 12.1. The second-order valence-electron chi connectivity index (χ2n) is 5.26. The molecule has 1 amide bonds. The van der Waals surface area contributed by atoms with Crippen LogP contribution in [0, 0.1) is 6.92 Å². The Bertz CT molecular complexity index is 482. The molecular formula is C15H20BrNO3. The number of ether oxygens (including phenoxy) is 2. The highest BCUT2D eigenvalue weighted by Crippen LogP contribution is 2.21. The first kappa shape index (κ1) is 15.3. The SMILES string of the molecule is Cc1cc(OCC(=O)N2C[C@@H](C)O[C@H](C)C2)ccc1Br. The van der Waals surface area contributed by atoms with E-state index < -0.39 is 0 Å². The largest absolute Gasteiger partial charge is 0.484 e. The van der Waals surface area contributed by atoms with E-state index in [1.807, 2.05) is 43.9 Å². The lowest BCUT2D eigenvalue weighted by atomic mass is 10.2. The Morgan fingerprint density at radius 3 is 2.65 bits per heavy atom. The summed E-state index contributed by atoms with van der Waals surface area (Å²) in [4.78, 5) is 14.0. The molecule has 0 N–H and O–H groups in total. The number of morpholine rings is 1. The van der Waals surface area contributed by atoms with E-state index in [1.54, 1.807) is 0 Å². The molecule has 2 rings (SSSR count). The van der Waals surface area contributed by atoms with Gasteiger partial charge in [0.25, 0.3) is 5.91 Å². The van der Waals surface area contributed by atoms with E-state index in [9.17, 15) is 4.79 Å². The predicted octanol–water partition coefficient (Wildman–Crippen LogP) is 2.77. The molecule has 1 aliphatic rings. The van der Waals surface area contributed by atoms with Crippen molar-refractivity contribution in [3.8, 4) is 5.75 Å². The minimum absolute atomic E-state index is 0.00701. The van der Waals surface area contributed by atoms with Crippen molar-refractivity contribution in [3.05, 3.63) is 28.2 Å². The van der Waals surface area contributed by atoms with Crippen molar-refractivity contribution < 1.29 is 14.3 Å². The van der Waals surface area contributed by atoms with Gasteiger partial charge in [0.15, 0.2) is 6.61 Å². The smallest absolute Gasteiger partial charge is 0.260 e. The van der Waals surface area contributed by atoms with Crippen LogP contribution in [0.15, 0.2) is 22.7 Å². The third-order valence-corrected chi connectivity index (χ3v) is 4.15. The summed E-state index contributed by atoms with van der Waals surface area (Å²) in [5.41, 5.74) is 1.09. The van der Waals surface area contributed by atoms with Crippen LogP contribution in [0.1, 0.15) is 19.4 Å². The van der Waals surface area contributed by atoms with E-state index in [-0.39, 0.29) is 24.7 Å². The van der Waals surface area contributed by atoms with E-state index in [4.69, 9.17) is 9.47 Å². The molecule has 110 valence electrons. The highest BCUT2D eigenvalue weighted by molar-refractivity contribution is 9.10. The molecule has 1 aromatic rings. The van der Waals surface area contributed by atoms with Crippen molar-refractivity contribution in [2.24, 2.45) is 0 Å². The summed E-state index contributed by atoms with van der Waals surface area (Å²) in [6, 6.07) is 5.70. The molecule has 0 unspecified atom stereocenters. The maximum Gasteiger partial charge on any atom is 0.260 e. The van der Waals surface area contributed by atoms with Crippen molar-refractivity contribution in [2.45, 2.75) is 33.0 Å². The van der Waals surface area contributed by atoms with Gasteiger partial charge in [-0.3, -0.25) is 4.79 Å². The van der Waals surface area contributed by atoms with Crippen LogP contribution in [0.4, 0.5) is 0 Å². The summed E-state index contributed by atoms with van der Waals surface area (Å²) in [5.74, 6) is 0.723. The van der Waals surface area contributed by atoms with Gasteiger partial charge < -0.3 is 14.4 Å². The zero-order chi connectivity index (χ0) is 14.7. The molecular weight excluding hydrogens is 322 g/mol. The number of hydrogen-bond acceptors (Lipinski definition) is 3. The highest BCUT2D eigenvalue weighted by atomic mass is 79.9. The van der Waals surface area contributed by atoms with Crippen molar-refractivity contribution in [3.63, 3.8) is 0 Å². The van der Waals surface area contributed by atoms with Gasteiger partial charge in [0.05, 0.1) is 12.2 Å². The van der Waals surface area contributed by atoms with E-state index in [1.165, 1.54) is 0 Å². The minimum atomic E-state index is 0.00701. The number of rotatable bonds is 3. The Morgan fingerprint density at radius 1 is 1.40 bits per heavy atom. The Balaban J connectivity index is 1.89. The van der Waals surface area contributed by atoms with Crippen LogP contribution in [0.5, 0.6) is 5.75 Å². The van der Waals surface area contributed by atoms with Crippen molar-refractivity contribution >= 4 is 21.8 Å². The number of carbonyl (C=O) groups excluding carboxylic acids is 1. The third-order valence-electron chi connectivity index (χ3n) is 3.26. The molecule has 4 nitrogen and oxygen atoms in total. The lowest BCUT2D eigenvalue weighted by Crippen LogP contribution is -2.49. The average molecular weight is 342 g/mol. The Kier molecular flexibility index (Phi) is 5.05. The monoisotopic (exact) mass is 341 g/mol. The lowest BCUT2D eigenvalue weighted by molar-refractivity contribution is -0.145. The van der Waals surface area contributed by atoms with Gasteiger partial charge in [-0.15, -0.1) is 0 Å². The van der Waals surface area contributed by atoms with Crippen LogP contribution in [-0.4, -0.2) is 42.7 Å². The maximum absolute atomic E-state index is 12.2. The molecule has 0 aliphatic carbocycles. The predicted molar refractivity (Wildman–Crippen MR) is 81.0 cm³/mol. The van der Waals surface area contributed by atoms with Gasteiger partial charge in [0.1, 0.15) is 5.75 Å². The average Bonchev–Trinajstić information content (AvgIpc) is 2.38. The van der Waals surface area contributed by atoms with Crippen LogP contribution in [-0.2, 0) is 9.53 Å². The van der Waals surface area contributed by atoms with Crippen molar-refractivity contribution in [1.82, 2.24) is 4.90 Å². The number of carbonyl (C=O) groups is 1. The topological polar surface area (TPSA) is 38.8 Å². The van der Waals surface area contributed by atoms with Crippen LogP contribution in [0.2, 0.25) is 0 Å². The standard InChI is InChI=1S/C15H20BrNO3/c1-10-6-13(4-5-14(10)16)19-9-15(18)17-7-11(2)20-12(3)8-17/h4-6,11-12H,7-9H2,1-3H3/t11-,12-/m1/s1. The first-order valence-corrected chi connectivity index (χ1v) is 7.57. The Labute approximate surface area is 128 Å². The van der Waals surface area contributed by atoms with Gasteiger partial charge in [-0.2, -0.15) is 0 Å². The normalized spacial score (nSPS) is 22.7. The third kappa shape index (κ3) is 3.96. The molecule has 0 saturated carbocycles. The molecule has 20 heavy (non-hydrogen) atoms. The number of aryl methyl sites for hydroxylation is 1. The number of nitrogens with zero attached hydrogens (tertiary/aromatic N) is 1. The second-order valence-corrected chi connectivity index (χ2v) is 6.11. The molecule has 0 aromatic heterocycles. The molecule has 0 spiro atoms. The summed E-state index contributed by atoms with van der Waals surface area (Å²) in [7, 11) is 0. The maximum atomic E-state index is 12.2. The molecule has 1 saturated heterocycles. The van der Waals surface area contributed by atoms with Crippen LogP contribution >= 0.6 is 15.9 Å². The van der Waals surface area contributed by atoms with Gasteiger partial charge in [-0.25, -0.2) is 0 Å². The molecule has 1 heterocycles. The highest BCUT2D eigenvalue weighted by Gasteiger charge is 2.25. The quantitative estimate of drug-likeness (QED) is 0.848. The molecule has 1 aromatic carbocycles. The number of halogens is 1. The van der Waals surface area contributed by atoms with Crippen molar-refractivity contribution in [2.75, 3.05) is 19.7 Å². The lowest BCUT2D eigenvalue weighted by Gasteiger charge is -2.35. The first-order chi connectivity index (χ1) is 9.45. The van der Waals surface area contributed by atoms with Gasteiger partial charge in [0, 0.05) is 17.6 Å². The molecule has 1 fully saturated rings. The fourth-order valence-corrected chi connectivity index (χ4v) is 2.57. The van der Waals surface area contributed by atoms with Crippen LogP contribution in [0.3, 0.4) is 0 Å². The number of benzene rings is 1. The second kappa shape index (κ2) is 6.59. The number of hydrogen-bond donors (Lipinski definition) is 0. The molecule has 5 heteroatoms. The van der Waals surface area contributed by atoms with E-state index in [0.717, 1.165) is 10.0 Å². The summed E-state index contributed by atoms with van der Waals surface area (Å²) in [6.45, 7) is 7.28. The van der Waals surface area contributed by atoms with E-state index in [0.29, 0.717) is 18.8 Å². The van der Waals surface area contributed by atoms with Crippen LogP contribution in [0.25, 0.3) is 0 Å². The Hall–Kier alpha value is -1.07. The zero-order valence-corrected chi connectivity index (χ0v) is 13.6. The van der Waals surface area contributed by atoms with E-state index in [2.05, 4.69) is 15.9 Å². The molecule has 0 radical (unpaired) electrons. The minimum Gasteiger partial charge on any atom is -0.484 e. The van der Waals surface area contributed by atoms with Crippen LogP contribution < -0.4 is 4.74 Å². The summed E-state index contributed by atoms with van der Waals surface area (Å²) in [6.07, 6.45) is 0.162. The fourth-order valence-electron chi connectivity index (χ4n) is 2.32. The summed E-state index contributed by atoms with van der Waals surface area (Å²) < 4.78 is 12.2. The fraction of sp³-hybridized carbons (Fsp3) is 0.533. The first-order valence-electron chi connectivity index (χ1n) is 6.78. The summed E-state index contributed by atoms with van der Waals surface area (Å²) >= 11 is 3.44. The number of amides is 1. The van der Waals surface area contributed by atoms with Gasteiger partial charge >= 0.3 is 0 Å². The Morgan fingerprint density at radius 2 is 2.05 bits per heavy atom. The van der Waals surface area contributed by atoms with Gasteiger partial charge in [-0.05, 0) is 44.5 Å².